The maximum absolute atomic E-state index is 12.5. The van der Waals surface area contributed by atoms with E-state index in [1.54, 1.807) is 0 Å². The molecule has 5 nitrogen and oxygen atoms in total. The highest BCUT2D eigenvalue weighted by Crippen LogP contribution is 2.16. The van der Waals surface area contributed by atoms with Crippen molar-refractivity contribution < 1.29 is 23.8 Å². The first kappa shape index (κ1) is 46.9. The highest BCUT2D eigenvalue weighted by atomic mass is 16.6. The van der Waals surface area contributed by atoms with E-state index < -0.39 is 6.10 Å². The fourth-order valence-electron chi connectivity index (χ4n) is 6.36. The average Bonchev–Trinajstić information content (AvgIpc) is 3.08. The van der Waals surface area contributed by atoms with Gasteiger partial charge < -0.3 is 14.2 Å². The molecule has 0 amide bonds. The van der Waals surface area contributed by atoms with Gasteiger partial charge in [-0.3, -0.25) is 9.59 Å². The van der Waals surface area contributed by atoms with E-state index in [1.165, 1.54) is 167 Å². The second-order valence-corrected chi connectivity index (χ2v) is 14.6. The molecule has 5 heteroatoms. The number of ether oxygens (including phenoxy) is 3. The Morgan fingerprint density at radius 1 is 0.375 bits per heavy atom. The highest BCUT2D eigenvalue weighted by Gasteiger charge is 2.17. The molecule has 0 aromatic carbocycles. The summed E-state index contributed by atoms with van der Waals surface area (Å²) < 4.78 is 16.9. The minimum absolute atomic E-state index is 0.0916. The molecule has 0 saturated carbocycles. The smallest absolute Gasteiger partial charge is 0.306 e. The molecule has 0 N–H and O–H groups in total. The number of carbonyl (C=O) groups is 2. The van der Waals surface area contributed by atoms with Gasteiger partial charge in [0.2, 0.25) is 0 Å². The second-order valence-electron chi connectivity index (χ2n) is 14.6. The lowest BCUT2D eigenvalue weighted by atomic mass is 10.0. The number of hydrogen-bond donors (Lipinski definition) is 0. The quantitative estimate of drug-likeness (QED) is 0.0476. The van der Waals surface area contributed by atoms with Crippen molar-refractivity contribution in [2.75, 3.05) is 19.8 Å². The van der Waals surface area contributed by atoms with Gasteiger partial charge in [-0.25, -0.2) is 0 Å². The van der Waals surface area contributed by atoms with Crippen LogP contribution in [0.4, 0.5) is 0 Å². The summed E-state index contributed by atoms with van der Waals surface area (Å²) in [5, 5.41) is 0. The van der Waals surface area contributed by atoms with E-state index in [9.17, 15) is 9.59 Å². The Kier molecular flexibility index (Phi) is 39.4. The molecular formula is C43H84O5. The van der Waals surface area contributed by atoms with E-state index in [0.717, 1.165) is 38.5 Å². The zero-order chi connectivity index (χ0) is 35.0. The number of esters is 2. The maximum atomic E-state index is 12.5. The van der Waals surface area contributed by atoms with Gasteiger partial charge in [0.1, 0.15) is 6.61 Å². The van der Waals surface area contributed by atoms with Crippen molar-refractivity contribution in [3.63, 3.8) is 0 Å². The van der Waals surface area contributed by atoms with Crippen LogP contribution in [-0.4, -0.2) is 37.9 Å². The maximum Gasteiger partial charge on any atom is 0.306 e. The Balaban J connectivity index is 3.84. The van der Waals surface area contributed by atoms with Gasteiger partial charge in [-0.2, -0.15) is 0 Å². The molecule has 286 valence electrons. The van der Waals surface area contributed by atoms with Crippen molar-refractivity contribution >= 4 is 11.9 Å². The SMILES string of the molecule is CCCCCCCCCCCCCCCCCC(=O)OCC(COCCCC)OC(=O)CCCCCCCCCCCCCCCCC. The number of unbranched alkanes of at least 4 members (excludes halogenated alkanes) is 29. The van der Waals surface area contributed by atoms with Crippen LogP contribution in [-0.2, 0) is 23.8 Å². The lowest BCUT2D eigenvalue weighted by molar-refractivity contribution is -0.163. The molecule has 0 fully saturated rings. The average molecular weight is 681 g/mol. The molecule has 0 saturated heterocycles. The van der Waals surface area contributed by atoms with E-state index in [0.29, 0.717) is 19.4 Å². The molecular weight excluding hydrogens is 596 g/mol. The van der Waals surface area contributed by atoms with Crippen LogP contribution in [0.5, 0.6) is 0 Å². The molecule has 0 aliphatic carbocycles. The van der Waals surface area contributed by atoms with Crippen LogP contribution in [0.15, 0.2) is 0 Å². The summed E-state index contributed by atoms with van der Waals surface area (Å²) >= 11 is 0. The minimum Gasteiger partial charge on any atom is -0.462 e. The molecule has 0 aliphatic rings. The van der Waals surface area contributed by atoms with Crippen molar-refractivity contribution in [2.24, 2.45) is 0 Å². The first-order valence-electron chi connectivity index (χ1n) is 21.6. The van der Waals surface area contributed by atoms with Crippen molar-refractivity contribution in [1.82, 2.24) is 0 Å². The topological polar surface area (TPSA) is 61.8 Å². The Morgan fingerprint density at radius 2 is 0.688 bits per heavy atom. The van der Waals surface area contributed by atoms with Gasteiger partial charge in [-0.1, -0.05) is 207 Å². The fraction of sp³-hybridized carbons (Fsp3) is 0.953. The third-order valence-corrected chi connectivity index (χ3v) is 9.64. The van der Waals surface area contributed by atoms with E-state index >= 15 is 0 Å². The highest BCUT2D eigenvalue weighted by molar-refractivity contribution is 5.70. The molecule has 0 radical (unpaired) electrons. The first-order valence-corrected chi connectivity index (χ1v) is 21.6. The summed E-state index contributed by atoms with van der Waals surface area (Å²) in [7, 11) is 0. The van der Waals surface area contributed by atoms with Gasteiger partial charge in [-0.15, -0.1) is 0 Å². The number of hydrogen-bond acceptors (Lipinski definition) is 5. The number of carbonyl (C=O) groups excluding carboxylic acids is 2. The zero-order valence-corrected chi connectivity index (χ0v) is 32.8. The van der Waals surface area contributed by atoms with Crippen molar-refractivity contribution in [3.05, 3.63) is 0 Å². The fourth-order valence-corrected chi connectivity index (χ4v) is 6.36. The van der Waals surface area contributed by atoms with Gasteiger partial charge in [0.05, 0.1) is 6.61 Å². The Morgan fingerprint density at radius 3 is 1.04 bits per heavy atom. The molecule has 0 aliphatic heterocycles. The van der Waals surface area contributed by atoms with Crippen molar-refractivity contribution in [1.29, 1.82) is 0 Å². The molecule has 0 aromatic rings. The van der Waals surface area contributed by atoms with Crippen LogP contribution < -0.4 is 0 Å². The van der Waals surface area contributed by atoms with Gasteiger partial charge >= 0.3 is 11.9 Å². The molecule has 1 atom stereocenters. The Bertz CT molecular complexity index is 651. The van der Waals surface area contributed by atoms with Crippen LogP contribution in [0.25, 0.3) is 0 Å². The molecule has 0 spiro atoms. The van der Waals surface area contributed by atoms with Gasteiger partial charge in [0.15, 0.2) is 6.10 Å². The van der Waals surface area contributed by atoms with Crippen LogP contribution in [0, 0.1) is 0 Å². The van der Waals surface area contributed by atoms with E-state index in [-0.39, 0.29) is 25.2 Å². The third kappa shape index (κ3) is 37.7. The van der Waals surface area contributed by atoms with Crippen LogP contribution >= 0.6 is 0 Å². The largest absolute Gasteiger partial charge is 0.462 e. The summed E-state index contributed by atoms with van der Waals surface area (Å²) in [5.74, 6) is -0.394. The molecule has 0 bridgehead atoms. The summed E-state index contributed by atoms with van der Waals surface area (Å²) in [6.07, 6.45) is 41.5. The van der Waals surface area contributed by atoms with Crippen molar-refractivity contribution in [3.8, 4) is 0 Å². The Labute approximate surface area is 300 Å². The lowest BCUT2D eigenvalue weighted by Crippen LogP contribution is -2.30. The third-order valence-electron chi connectivity index (χ3n) is 9.64. The molecule has 0 heterocycles. The monoisotopic (exact) mass is 681 g/mol. The molecule has 0 aromatic heterocycles. The van der Waals surface area contributed by atoms with E-state index in [4.69, 9.17) is 14.2 Å². The summed E-state index contributed by atoms with van der Waals surface area (Å²) in [5.41, 5.74) is 0. The normalized spacial score (nSPS) is 12.0. The van der Waals surface area contributed by atoms with Crippen LogP contribution in [0.1, 0.15) is 239 Å². The standard InChI is InChI=1S/C43H84O5/c1-4-7-10-12-14-16-18-20-22-24-26-28-30-32-34-36-42(44)47-40-41(39-46-38-9-6-3)48-43(45)37-35-33-31-29-27-25-23-21-19-17-15-13-11-8-5-2/h41H,4-40H2,1-3H3. The molecule has 0 rings (SSSR count). The summed E-state index contributed by atoms with van der Waals surface area (Å²) in [6, 6.07) is 0. The van der Waals surface area contributed by atoms with Crippen LogP contribution in [0.3, 0.4) is 0 Å². The summed E-state index contributed by atoms with van der Waals surface area (Å²) in [6.45, 7) is 7.69. The Hall–Kier alpha value is -1.10. The predicted molar refractivity (Wildman–Crippen MR) is 206 cm³/mol. The van der Waals surface area contributed by atoms with Crippen LogP contribution in [0.2, 0.25) is 0 Å². The van der Waals surface area contributed by atoms with E-state index in [1.807, 2.05) is 0 Å². The van der Waals surface area contributed by atoms with Gasteiger partial charge in [0.25, 0.3) is 0 Å². The van der Waals surface area contributed by atoms with Gasteiger partial charge in [0, 0.05) is 19.4 Å². The molecule has 48 heavy (non-hydrogen) atoms. The summed E-state index contributed by atoms with van der Waals surface area (Å²) in [4.78, 5) is 24.9. The van der Waals surface area contributed by atoms with E-state index in [2.05, 4.69) is 20.8 Å². The van der Waals surface area contributed by atoms with Gasteiger partial charge in [-0.05, 0) is 19.3 Å². The minimum atomic E-state index is -0.518. The first-order chi connectivity index (χ1) is 23.6. The predicted octanol–water partition coefficient (Wildman–Crippen LogP) is 13.8. The second kappa shape index (κ2) is 40.3. The zero-order valence-electron chi connectivity index (χ0n) is 32.8. The van der Waals surface area contributed by atoms with Crippen molar-refractivity contribution in [2.45, 2.75) is 245 Å². The lowest BCUT2D eigenvalue weighted by Gasteiger charge is -2.18. The molecule has 1 unspecified atom stereocenters. The number of rotatable bonds is 40.